The summed E-state index contributed by atoms with van der Waals surface area (Å²) in [6, 6.07) is 13.3. The van der Waals surface area contributed by atoms with Crippen LogP contribution in [0.25, 0.3) is 31.2 Å². The highest BCUT2D eigenvalue weighted by molar-refractivity contribution is 7.21. The monoisotopic (exact) mass is 296 g/mol. The number of thiazole rings is 1. The minimum atomic E-state index is 0.598. The van der Waals surface area contributed by atoms with Crippen molar-refractivity contribution in [2.75, 3.05) is 6.61 Å². The summed E-state index contributed by atoms with van der Waals surface area (Å²) in [5.74, 6) is 0.860. The summed E-state index contributed by atoms with van der Waals surface area (Å²) < 4.78 is 6.60. The van der Waals surface area contributed by atoms with E-state index in [1.807, 2.05) is 37.3 Å². The minimum Gasteiger partial charge on any atom is -0.494 e. The smallest absolute Gasteiger partial charge is 0.124 e. The lowest BCUT2D eigenvalue weighted by Crippen LogP contribution is -1.89. The highest BCUT2D eigenvalue weighted by Crippen LogP contribution is 2.33. The molecule has 0 N–H and O–H groups in total. The largest absolute Gasteiger partial charge is 0.494 e. The Morgan fingerprint density at radius 1 is 1.24 bits per heavy atom. The summed E-state index contributed by atoms with van der Waals surface area (Å²) in [6.07, 6.45) is 0. The van der Waals surface area contributed by atoms with E-state index < -0.39 is 0 Å². The van der Waals surface area contributed by atoms with Crippen LogP contribution in [0.5, 0.6) is 5.75 Å². The normalized spacial score (nSPS) is 10.3. The van der Waals surface area contributed by atoms with Gasteiger partial charge in [-0.1, -0.05) is 29.4 Å². The van der Waals surface area contributed by atoms with Gasteiger partial charge in [0.15, 0.2) is 0 Å². The lowest BCUT2D eigenvalue weighted by molar-refractivity contribution is 0.341. The third-order valence-electron chi connectivity index (χ3n) is 2.95. The Bertz CT molecular complexity index is 819. The van der Waals surface area contributed by atoms with Gasteiger partial charge in [-0.25, -0.2) is 4.98 Å². The van der Waals surface area contributed by atoms with E-state index in [2.05, 4.69) is 15.0 Å². The Morgan fingerprint density at radius 2 is 2.05 bits per heavy atom. The molecule has 0 radical (unpaired) electrons. The van der Waals surface area contributed by atoms with Gasteiger partial charge in [-0.2, -0.15) is 0 Å². The second kappa shape index (κ2) is 5.83. The van der Waals surface area contributed by atoms with Gasteiger partial charge in [0.25, 0.3) is 0 Å². The van der Waals surface area contributed by atoms with Gasteiger partial charge in [0.1, 0.15) is 10.8 Å². The molecule has 0 spiro atoms. The number of benzene rings is 2. The molecule has 0 aliphatic rings. The van der Waals surface area contributed by atoms with Crippen LogP contribution >= 0.6 is 11.3 Å². The Morgan fingerprint density at radius 3 is 2.76 bits per heavy atom. The van der Waals surface area contributed by atoms with Crippen molar-refractivity contribution in [1.82, 2.24) is 4.98 Å². The lowest BCUT2D eigenvalue weighted by atomic mass is 10.2. The third-order valence-corrected chi connectivity index (χ3v) is 4.01. The van der Waals surface area contributed by atoms with Crippen molar-refractivity contribution in [3.05, 3.63) is 52.9 Å². The predicted octanol–water partition coefficient (Wildman–Crippen LogP) is 5.30. The number of rotatable bonds is 4. The van der Waals surface area contributed by atoms with Gasteiger partial charge in [-0.15, -0.1) is 11.3 Å². The molecule has 0 amide bonds. The molecular weight excluding hydrogens is 284 g/mol. The van der Waals surface area contributed by atoms with Gasteiger partial charge < -0.3 is 4.74 Å². The molecule has 0 bridgehead atoms. The SMILES string of the molecule is CCOc1ccc2nc(-c3ccc(N=[N+]=[N-])cc3)sc2c1. The number of hydrogen-bond acceptors (Lipinski definition) is 4. The number of azide groups is 1. The highest BCUT2D eigenvalue weighted by atomic mass is 32.1. The van der Waals surface area contributed by atoms with Crippen LogP contribution in [-0.4, -0.2) is 11.6 Å². The molecule has 2 aromatic carbocycles. The maximum absolute atomic E-state index is 8.41. The maximum Gasteiger partial charge on any atom is 0.124 e. The second-order valence-electron chi connectivity index (χ2n) is 4.32. The van der Waals surface area contributed by atoms with E-state index in [1.54, 1.807) is 23.5 Å². The van der Waals surface area contributed by atoms with Crippen LogP contribution in [0.4, 0.5) is 5.69 Å². The topological polar surface area (TPSA) is 70.9 Å². The van der Waals surface area contributed by atoms with E-state index in [4.69, 9.17) is 10.3 Å². The lowest BCUT2D eigenvalue weighted by Gasteiger charge is -2.00. The van der Waals surface area contributed by atoms with Gasteiger partial charge in [0.05, 0.1) is 16.8 Å². The van der Waals surface area contributed by atoms with Gasteiger partial charge in [-0.3, -0.25) is 0 Å². The first-order valence-electron chi connectivity index (χ1n) is 6.49. The minimum absolute atomic E-state index is 0.598. The van der Waals surface area contributed by atoms with Crippen molar-refractivity contribution < 1.29 is 4.74 Å². The first-order valence-corrected chi connectivity index (χ1v) is 7.30. The number of fused-ring (bicyclic) bond motifs is 1. The van der Waals surface area contributed by atoms with E-state index >= 15 is 0 Å². The number of ether oxygens (including phenoxy) is 1. The zero-order valence-electron chi connectivity index (χ0n) is 11.4. The standard InChI is InChI=1S/C15H12N4OS/c1-2-20-12-7-8-13-14(9-12)21-15(17-13)10-3-5-11(6-4-10)18-19-16/h3-9H,2H2,1H3. The van der Waals surface area contributed by atoms with E-state index in [0.29, 0.717) is 12.3 Å². The molecule has 0 saturated heterocycles. The number of hydrogen-bond donors (Lipinski definition) is 0. The third kappa shape index (κ3) is 2.81. The van der Waals surface area contributed by atoms with Crippen molar-refractivity contribution >= 4 is 27.2 Å². The molecule has 0 fully saturated rings. The average Bonchev–Trinajstić information content (AvgIpc) is 2.92. The Hall–Kier alpha value is -2.56. The molecule has 1 aromatic heterocycles. The molecule has 0 unspecified atom stereocenters. The number of aromatic nitrogens is 1. The number of nitrogens with zero attached hydrogens (tertiary/aromatic N) is 4. The van der Waals surface area contributed by atoms with Crippen LogP contribution < -0.4 is 4.74 Å². The zero-order chi connectivity index (χ0) is 14.7. The van der Waals surface area contributed by atoms with Crippen molar-refractivity contribution in [1.29, 1.82) is 0 Å². The van der Waals surface area contributed by atoms with E-state index in [0.717, 1.165) is 26.5 Å². The summed E-state index contributed by atoms with van der Waals surface area (Å²) >= 11 is 1.62. The van der Waals surface area contributed by atoms with Gasteiger partial charge in [-0.05, 0) is 30.7 Å². The summed E-state index contributed by atoms with van der Waals surface area (Å²) in [5, 5.41) is 4.50. The van der Waals surface area contributed by atoms with Crippen LogP contribution in [0.1, 0.15) is 6.92 Å². The second-order valence-corrected chi connectivity index (χ2v) is 5.35. The molecule has 0 saturated carbocycles. The van der Waals surface area contributed by atoms with Crippen LogP contribution in [-0.2, 0) is 0 Å². The summed E-state index contributed by atoms with van der Waals surface area (Å²) in [4.78, 5) is 7.39. The molecule has 3 rings (SSSR count). The van der Waals surface area contributed by atoms with Crippen molar-refractivity contribution in [2.24, 2.45) is 5.11 Å². The fraction of sp³-hybridized carbons (Fsp3) is 0.133. The van der Waals surface area contributed by atoms with E-state index in [-0.39, 0.29) is 0 Å². The first kappa shape index (κ1) is 13.4. The van der Waals surface area contributed by atoms with Crippen molar-refractivity contribution in [3.63, 3.8) is 0 Å². The predicted molar refractivity (Wildman–Crippen MR) is 85.0 cm³/mol. The fourth-order valence-electron chi connectivity index (χ4n) is 2.01. The molecular formula is C15H12N4OS. The zero-order valence-corrected chi connectivity index (χ0v) is 12.2. The van der Waals surface area contributed by atoms with Crippen LogP contribution in [0, 0.1) is 0 Å². The quantitative estimate of drug-likeness (QED) is 0.372. The molecule has 5 nitrogen and oxygen atoms in total. The van der Waals surface area contributed by atoms with Gasteiger partial charge in [0.2, 0.25) is 0 Å². The molecule has 0 atom stereocenters. The van der Waals surface area contributed by atoms with Gasteiger partial charge in [0, 0.05) is 16.2 Å². The molecule has 21 heavy (non-hydrogen) atoms. The van der Waals surface area contributed by atoms with Crippen molar-refractivity contribution in [2.45, 2.75) is 6.92 Å². The Labute approximate surface area is 125 Å². The molecule has 0 aliphatic carbocycles. The molecule has 1 heterocycles. The fourth-order valence-corrected chi connectivity index (χ4v) is 3.01. The molecule has 6 heteroatoms. The van der Waals surface area contributed by atoms with Crippen molar-refractivity contribution in [3.8, 4) is 16.3 Å². The molecule has 3 aromatic rings. The highest BCUT2D eigenvalue weighted by Gasteiger charge is 2.07. The average molecular weight is 296 g/mol. The Kier molecular flexibility index (Phi) is 3.73. The molecule has 0 aliphatic heterocycles. The van der Waals surface area contributed by atoms with Crippen LogP contribution in [0.3, 0.4) is 0 Å². The summed E-state index contributed by atoms with van der Waals surface area (Å²) in [6.45, 7) is 2.62. The van der Waals surface area contributed by atoms with E-state index in [9.17, 15) is 0 Å². The van der Waals surface area contributed by atoms with Gasteiger partial charge >= 0.3 is 0 Å². The van der Waals surface area contributed by atoms with Crippen LogP contribution in [0.15, 0.2) is 47.6 Å². The first-order chi connectivity index (χ1) is 10.3. The van der Waals surface area contributed by atoms with E-state index in [1.165, 1.54) is 0 Å². The van der Waals surface area contributed by atoms with Crippen LogP contribution in [0.2, 0.25) is 0 Å². The Balaban J connectivity index is 1.98. The summed E-state index contributed by atoms with van der Waals surface area (Å²) in [7, 11) is 0. The maximum atomic E-state index is 8.41. The molecule has 104 valence electrons. The summed E-state index contributed by atoms with van der Waals surface area (Å²) in [5.41, 5.74) is 11.0.